The van der Waals surface area contributed by atoms with Crippen LogP contribution in [0.2, 0.25) is 0 Å². The highest BCUT2D eigenvalue weighted by molar-refractivity contribution is 6.49. The number of aryl methyl sites for hydroxylation is 1. The van der Waals surface area contributed by atoms with Crippen molar-refractivity contribution in [2.75, 3.05) is 11.5 Å². The van der Waals surface area contributed by atoms with Crippen molar-refractivity contribution in [3.05, 3.63) is 29.8 Å². The number of carbonyl (C=O) groups is 2. The Labute approximate surface area is 104 Å². The zero-order valence-electron chi connectivity index (χ0n) is 9.93. The van der Waals surface area contributed by atoms with Gasteiger partial charge in [-0.3, -0.25) is 9.59 Å². The maximum absolute atomic E-state index is 11.6. The molecular weight excluding hydrogens is 230 g/mol. The van der Waals surface area contributed by atoms with E-state index < -0.39 is 0 Å². The lowest BCUT2D eigenvalue weighted by Crippen LogP contribution is -2.20. The van der Waals surface area contributed by atoms with Crippen molar-refractivity contribution >= 4 is 34.3 Å². The topological polar surface area (TPSA) is 98.5 Å². The average molecular weight is 243 g/mol. The van der Waals surface area contributed by atoms with E-state index in [0.717, 1.165) is 5.56 Å². The minimum absolute atomic E-state index is 0.0121. The molecule has 5 heteroatoms. The summed E-state index contributed by atoms with van der Waals surface area (Å²) in [4.78, 5) is 27.0. The first-order valence-corrected chi connectivity index (χ1v) is 5.46. The lowest BCUT2D eigenvalue weighted by Gasteiger charge is -2.09. The standard InChI is InChI=1S/C13H13N3O2/c1-7-4-11(10(15)6-9(7)14)16-12-5-8(17)2-3-13(12)18/h2-4,6H,5,14-15H2,1H3. The monoisotopic (exact) mass is 243 g/mol. The molecule has 1 aliphatic carbocycles. The summed E-state index contributed by atoms with van der Waals surface area (Å²) in [6.45, 7) is 1.83. The summed E-state index contributed by atoms with van der Waals surface area (Å²) in [7, 11) is 0. The van der Waals surface area contributed by atoms with Crippen molar-refractivity contribution in [2.24, 2.45) is 4.99 Å². The van der Waals surface area contributed by atoms with Gasteiger partial charge in [0, 0.05) is 5.69 Å². The van der Waals surface area contributed by atoms with Crippen molar-refractivity contribution in [2.45, 2.75) is 13.3 Å². The van der Waals surface area contributed by atoms with Crippen LogP contribution in [0.25, 0.3) is 0 Å². The van der Waals surface area contributed by atoms with Gasteiger partial charge in [-0.05, 0) is 36.8 Å². The number of carbonyl (C=O) groups excluding carboxylic acids is 2. The molecule has 5 nitrogen and oxygen atoms in total. The second-order valence-electron chi connectivity index (χ2n) is 4.17. The van der Waals surface area contributed by atoms with Gasteiger partial charge in [-0.2, -0.15) is 0 Å². The minimum atomic E-state index is -0.261. The van der Waals surface area contributed by atoms with Crippen LogP contribution in [0, 0.1) is 6.92 Å². The minimum Gasteiger partial charge on any atom is -0.398 e. The van der Waals surface area contributed by atoms with E-state index in [9.17, 15) is 9.59 Å². The summed E-state index contributed by atoms with van der Waals surface area (Å²) < 4.78 is 0. The van der Waals surface area contributed by atoms with Gasteiger partial charge >= 0.3 is 0 Å². The predicted octanol–water partition coefficient (Wildman–Crippen LogP) is 1.33. The molecule has 1 aliphatic rings. The summed E-state index contributed by atoms with van der Waals surface area (Å²) in [6.07, 6.45) is 2.50. The molecule has 0 aromatic heterocycles. The lowest BCUT2D eigenvalue weighted by atomic mass is 10.0. The molecule has 0 unspecified atom stereocenters. The van der Waals surface area contributed by atoms with E-state index >= 15 is 0 Å². The van der Waals surface area contributed by atoms with Crippen LogP contribution in [0.5, 0.6) is 0 Å². The largest absolute Gasteiger partial charge is 0.398 e. The Morgan fingerprint density at radius 1 is 1.11 bits per heavy atom. The molecule has 0 amide bonds. The van der Waals surface area contributed by atoms with Gasteiger partial charge in [0.2, 0.25) is 5.78 Å². The van der Waals surface area contributed by atoms with Gasteiger partial charge in [-0.25, -0.2) is 4.99 Å². The van der Waals surface area contributed by atoms with Crippen LogP contribution in [-0.2, 0) is 9.59 Å². The van der Waals surface area contributed by atoms with Crippen LogP contribution in [0.15, 0.2) is 29.3 Å². The van der Waals surface area contributed by atoms with Crippen LogP contribution < -0.4 is 11.5 Å². The Kier molecular flexibility index (Phi) is 2.97. The second-order valence-corrected chi connectivity index (χ2v) is 4.17. The molecule has 0 bridgehead atoms. The van der Waals surface area contributed by atoms with Crippen LogP contribution in [0.3, 0.4) is 0 Å². The van der Waals surface area contributed by atoms with Gasteiger partial charge in [-0.1, -0.05) is 0 Å². The molecule has 0 saturated carbocycles. The van der Waals surface area contributed by atoms with Gasteiger partial charge < -0.3 is 11.5 Å². The fraction of sp³-hybridized carbons (Fsp3) is 0.154. The average Bonchev–Trinajstić information content (AvgIpc) is 2.30. The third kappa shape index (κ3) is 2.29. The van der Waals surface area contributed by atoms with Crippen LogP contribution >= 0.6 is 0 Å². The van der Waals surface area contributed by atoms with E-state index in [-0.39, 0.29) is 23.7 Å². The van der Waals surface area contributed by atoms with Crippen molar-refractivity contribution in [1.82, 2.24) is 0 Å². The summed E-state index contributed by atoms with van der Waals surface area (Å²) in [5.74, 6) is -0.400. The Balaban J connectivity index is 2.45. The highest BCUT2D eigenvalue weighted by atomic mass is 16.1. The van der Waals surface area contributed by atoms with Gasteiger partial charge in [-0.15, -0.1) is 0 Å². The highest BCUT2D eigenvalue weighted by Crippen LogP contribution is 2.28. The van der Waals surface area contributed by atoms with E-state index in [2.05, 4.69) is 4.99 Å². The van der Waals surface area contributed by atoms with Crippen molar-refractivity contribution in [1.29, 1.82) is 0 Å². The molecule has 0 saturated heterocycles. The Morgan fingerprint density at radius 3 is 2.56 bits per heavy atom. The molecule has 0 heterocycles. The predicted molar refractivity (Wildman–Crippen MR) is 70.9 cm³/mol. The highest BCUT2D eigenvalue weighted by Gasteiger charge is 2.18. The number of aliphatic imine (C=N–C) groups is 1. The third-order valence-corrected chi connectivity index (χ3v) is 2.72. The SMILES string of the molecule is Cc1cc(N=C2CC(=O)C=CC2=O)c(N)cc1N. The number of nitrogen functional groups attached to an aromatic ring is 2. The number of anilines is 2. The second kappa shape index (κ2) is 4.44. The first kappa shape index (κ1) is 12.0. The first-order valence-electron chi connectivity index (χ1n) is 5.46. The third-order valence-electron chi connectivity index (χ3n) is 2.72. The van der Waals surface area contributed by atoms with Gasteiger partial charge in [0.1, 0.15) is 0 Å². The number of hydrogen-bond acceptors (Lipinski definition) is 5. The summed E-state index contributed by atoms with van der Waals surface area (Å²) in [5.41, 5.74) is 14.0. The molecule has 0 atom stereocenters. The van der Waals surface area contributed by atoms with E-state index in [1.165, 1.54) is 12.2 Å². The van der Waals surface area contributed by atoms with E-state index in [4.69, 9.17) is 11.5 Å². The molecule has 1 aromatic carbocycles. The van der Waals surface area contributed by atoms with E-state index in [0.29, 0.717) is 17.1 Å². The normalized spacial score (nSPS) is 17.5. The quantitative estimate of drug-likeness (QED) is 0.727. The lowest BCUT2D eigenvalue weighted by molar-refractivity contribution is -0.116. The fourth-order valence-corrected chi connectivity index (χ4v) is 1.64. The van der Waals surface area contributed by atoms with E-state index in [1.807, 2.05) is 6.92 Å². The molecule has 1 aromatic rings. The smallest absolute Gasteiger partial charge is 0.200 e. The zero-order valence-corrected chi connectivity index (χ0v) is 9.93. The maximum atomic E-state index is 11.6. The van der Waals surface area contributed by atoms with Crippen LogP contribution in [-0.4, -0.2) is 17.3 Å². The number of hydrogen-bond donors (Lipinski definition) is 2. The van der Waals surface area contributed by atoms with E-state index in [1.54, 1.807) is 12.1 Å². The fourth-order valence-electron chi connectivity index (χ4n) is 1.64. The van der Waals surface area contributed by atoms with Crippen molar-refractivity contribution in [3.8, 4) is 0 Å². The van der Waals surface area contributed by atoms with Crippen LogP contribution in [0.4, 0.5) is 17.1 Å². The van der Waals surface area contributed by atoms with Crippen molar-refractivity contribution in [3.63, 3.8) is 0 Å². The van der Waals surface area contributed by atoms with Crippen LogP contribution in [0.1, 0.15) is 12.0 Å². The first-order chi connectivity index (χ1) is 8.47. The molecule has 92 valence electrons. The zero-order chi connectivity index (χ0) is 13.3. The Bertz CT molecular complexity index is 600. The number of ketones is 2. The molecule has 0 radical (unpaired) electrons. The summed E-state index contributed by atoms with van der Waals surface area (Å²) in [6, 6.07) is 3.30. The number of nitrogens with zero attached hydrogens (tertiary/aromatic N) is 1. The molecule has 2 rings (SSSR count). The number of benzene rings is 1. The Morgan fingerprint density at radius 2 is 1.83 bits per heavy atom. The molecule has 0 fully saturated rings. The summed E-state index contributed by atoms with van der Waals surface area (Å²) in [5, 5.41) is 0. The van der Waals surface area contributed by atoms with Gasteiger partial charge in [0.15, 0.2) is 5.78 Å². The molecule has 18 heavy (non-hydrogen) atoms. The number of nitrogens with two attached hydrogens (primary N) is 2. The number of allylic oxidation sites excluding steroid dienone is 2. The van der Waals surface area contributed by atoms with Gasteiger partial charge in [0.05, 0.1) is 23.5 Å². The van der Waals surface area contributed by atoms with Crippen molar-refractivity contribution < 1.29 is 9.59 Å². The molecular formula is C13H13N3O2. The molecule has 0 aliphatic heterocycles. The number of rotatable bonds is 1. The Hall–Kier alpha value is -2.43. The molecule has 0 spiro atoms. The molecule has 4 N–H and O–H groups in total. The maximum Gasteiger partial charge on any atom is 0.200 e. The summed E-state index contributed by atoms with van der Waals surface area (Å²) >= 11 is 0. The van der Waals surface area contributed by atoms with Gasteiger partial charge in [0.25, 0.3) is 0 Å².